The number of hydrogen-bond acceptors (Lipinski definition) is 4. The van der Waals surface area contributed by atoms with Gasteiger partial charge in [-0.15, -0.1) is 0 Å². The van der Waals surface area contributed by atoms with Crippen LogP contribution in [-0.2, 0) is 12.8 Å². The summed E-state index contributed by atoms with van der Waals surface area (Å²) in [5.74, 6) is 1.17. The minimum absolute atomic E-state index is 0.547. The lowest BCUT2D eigenvalue weighted by atomic mass is 10.1. The first-order chi connectivity index (χ1) is 10.2. The fourth-order valence-corrected chi connectivity index (χ4v) is 2.72. The summed E-state index contributed by atoms with van der Waals surface area (Å²) in [5.41, 5.74) is 3.62. The second-order valence-electron chi connectivity index (χ2n) is 4.93. The fraction of sp³-hybridized carbons (Fsp3) is 0.250. The summed E-state index contributed by atoms with van der Waals surface area (Å²) in [6.07, 6.45) is 3.08. The summed E-state index contributed by atoms with van der Waals surface area (Å²) < 4.78 is 5.20. The van der Waals surface area contributed by atoms with Crippen molar-refractivity contribution in [2.24, 2.45) is 0 Å². The van der Waals surface area contributed by atoms with Crippen LogP contribution in [0.5, 0.6) is 5.75 Å². The average molecular weight is 300 g/mol. The van der Waals surface area contributed by atoms with Crippen LogP contribution in [-0.4, -0.2) is 12.1 Å². The van der Waals surface area contributed by atoms with Gasteiger partial charge in [0.05, 0.1) is 17.7 Å². The van der Waals surface area contributed by atoms with Crippen LogP contribution < -0.4 is 10.1 Å². The van der Waals surface area contributed by atoms with E-state index in [-0.39, 0.29) is 0 Å². The number of aryl methyl sites for hydroxylation is 2. The Morgan fingerprint density at radius 1 is 1.33 bits per heavy atom. The predicted octanol–water partition coefficient (Wildman–Crippen LogP) is 3.85. The lowest BCUT2D eigenvalue weighted by molar-refractivity contribution is 0.415. The Kier molecular flexibility index (Phi) is 3.68. The number of nitrogens with zero attached hydrogens (tertiary/aromatic N) is 2. The molecule has 0 saturated carbocycles. The summed E-state index contributed by atoms with van der Waals surface area (Å²) >= 11 is 6.01. The van der Waals surface area contributed by atoms with E-state index >= 15 is 0 Å². The Bertz CT molecular complexity index is 737. The molecular weight excluding hydrogens is 286 g/mol. The third kappa shape index (κ3) is 2.65. The van der Waals surface area contributed by atoms with Crippen LogP contribution in [0.15, 0.2) is 24.3 Å². The molecule has 3 rings (SSSR count). The number of methoxy groups -OCH3 is 1. The molecule has 0 radical (unpaired) electrons. The highest BCUT2D eigenvalue weighted by Crippen LogP contribution is 2.31. The maximum Gasteiger partial charge on any atom is 0.148 e. The quantitative estimate of drug-likeness (QED) is 0.935. The molecular formula is C16H14ClN3O. The number of aromatic nitrogens is 1. The van der Waals surface area contributed by atoms with E-state index in [9.17, 15) is 5.26 Å². The molecule has 0 saturated heterocycles. The fourth-order valence-electron chi connectivity index (χ4n) is 2.53. The van der Waals surface area contributed by atoms with Crippen LogP contribution >= 0.6 is 11.6 Å². The van der Waals surface area contributed by atoms with Crippen LogP contribution in [0.2, 0.25) is 5.02 Å². The lowest BCUT2D eigenvalue weighted by Gasteiger charge is -2.11. The number of anilines is 2. The maximum absolute atomic E-state index is 9.30. The minimum Gasteiger partial charge on any atom is -0.495 e. The van der Waals surface area contributed by atoms with Gasteiger partial charge in [0, 0.05) is 17.4 Å². The van der Waals surface area contributed by atoms with E-state index in [2.05, 4.69) is 16.4 Å². The molecule has 5 heteroatoms. The smallest absolute Gasteiger partial charge is 0.148 e. The molecule has 0 atom stereocenters. The van der Waals surface area contributed by atoms with Crippen molar-refractivity contribution in [1.29, 1.82) is 5.26 Å². The van der Waals surface area contributed by atoms with Crippen molar-refractivity contribution in [3.8, 4) is 11.8 Å². The molecule has 1 aliphatic carbocycles. The molecule has 0 amide bonds. The maximum atomic E-state index is 9.30. The first-order valence-corrected chi connectivity index (χ1v) is 7.12. The Morgan fingerprint density at radius 2 is 2.19 bits per heavy atom. The van der Waals surface area contributed by atoms with Crippen molar-refractivity contribution in [2.75, 3.05) is 12.4 Å². The molecule has 1 heterocycles. The van der Waals surface area contributed by atoms with E-state index in [1.54, 1.807) is 19.2 Å². The third-order valence-electron chi connectivity index (χ3n) is 3.59. The van der Waals surface area contributed by atoms with Crippen molar-refractivity contribution < 1.29 is 4.74 Å². The van der Waals surface area contributed by atoms with E-state index < -0.39 is 0 Å². The zero-order valence-corrected chi connectivity index (χ0v) is 12.4. The Labute approximate surface area is 128 Å². The zero-order chi connectivity index (χ0) is 14.8. The van der Waals surface area contributed by atoms with Gasteiger partial charge in [0.1, 0.15) is 17.6 Å². The molecule has 1 N–H and O–H groups in total. The van der Waals surface area contributed by atoms with Gasteiger partial charge in [-0.05, 0) is 43.0 Å². The number of ether oxygens (including phenoxy) is 1. The summed E-state index contributed by atoms with van der Waals surface area (Å²) in [7, 11) is 1.57. The standard InChI is InChI=1S/C16H14ClN3O/c1-21-15-8-12(5-6-13(15)17)19-16-11(9-18)7-10-3-2-4-14(10)20-16/h5-8H,2-4H2,1H3,(H,19,20). The molecule has 0 bridgehead atoms. The third-order valence-corrected chi connectivity index (χ3v) is 3.90. The van der Waals surface area contributed by atoms with Crippen LogP contribution in [0.1, 0.15) is 23.2 Å². The number of hydrogen-bond donors (Lipinski definition) is 1. The van der Waals surface area contributed by atoms with Gasteiger partial charge in [-0.2, -0.15) is 5.26 Å². The average Bonchev–Trinajstić information content (AvgIpc) is 2.95. The van der Waals surface area contributed by atoms with E-state index in [4.69, 9.17) is 16.3 Å². The number of pyridine rings is 1. The molecule has 2 aromatic rings. The molecule has 1 aliphatic rings. The number of benzene rings is 1. The summed E-state index contributed by atoms with van der Waals surface area (Å²) in [4.78, 5) is 4.59. The van der Waals surface area contributed by atoms with Crippen molar-refractivity contribution in [1.82, 2.24) is 4.98 Å². The monoisotopic (exact) mass is 299 g/mol. The van der Waals surface area contributed by atoms with Gasteiger partial charge in [0.15, 0.2) is 0 Å². The van der Waals surface area contributed by atoms with Crippen molar-refractivity contribution in [3.63, 3.8) is 0 Å². The highest BCUT2D eigenvalue weighted by atomic mass is 35.5. The molecule has 0 spiro atoms. The molecule has 1 aromatic heterocycles. The van der Waals surface area contributed by atoms with Crippen molar-refractivity contribution in [3.05, 3.63) is 46.1 Å². The molecule has 21 heavy (non-hydrogen) atoms. The van der Waals surface area contributed by atoms with E-state index in [0.717, 1.165) is 30.6 Å². The molecule has 0 aliphatic heterocycles. The molecule has 1 aromatic carbocycles. The summed E-state index contributed by atoms with van der Waals surface area (Å²) in [6, 6.07) is 9.51. The van der Waals surface area contributed by atoms with Crippen molar-refractivity contribution >= 4 is 23.1 Å². The number of nitriles is 1. The molecule has 4 nitrogen and oxygen atoms in total. The lowest BCUT2D eigenvalue weighted by Crippen LogP contribution is -2.01. The van der Waals surface area contributed by atoms with Gasteiger partial charge in [-0.3, -0.25) is 0 Å². The largest absolute Gasteiger partial charge is 0.495 e. The Balaban J connectivity index is 1.96. The van der Waals surface area contributed by atoms with Crippen LogP contribution in [0.25, 0.3) is 0 Å². The normalized spacial score (nSPS) is 12.6. The highest BCUT2D eigenvalue weighted by Gasteiger charge is 2.16. The first kappa shape index (κ1) is 13.7. The minimum atomic E-state index is 0.547. The SMILES string of the molecule is COc1cc(Nc2nc3c(cc2C#N)CCC3)ccc1Cl. The van der Waals surface area contributed by atoms with Crippen LogP contribution in [0, 0.1) is 11.3 Å². The number of halogens is 1. The molecule has 106 valence electrons. The van der Waals surface area contributed by atoms with Gasteiger partial charge >= 0.3 is 0 Å². The number of fused-ring (bicyclic) bond motifs is 1. The van der Waals surface area contributed by atoms with Crippen molar-refractivity contribution in [2.45, 2.75) is 19.3 Å². The highest BCUT2D eigenvalue weighted by molar-refractivity contribution is 6.32. The predicted molar refractivity (Wildman–Crippen MR) is 82.3 cm³/mol. The van der Waals surface area contributed by atoms with Gasteiger partial charge in [0.25, 0.3) is 0 Å². The van der Waals surface area contributed by atoms with Gasteiger partial charge in [-0.1, -0.05) is 11.6 Å². The van der Waals surface area contributed by atoms with Gasteiger partial charge in [-0.25, -0.2) is 4.98 Å². The topological polar surface area (TPSA) is 57.9 Å². The number of rotatable bonds is 3. The van der Waals surface area contributed by atoms with E-state index in [1.807, 2.05) is 12.1 Å². The zero-order valence-electron chi connectivity index (χ0n) is 11.6. The summed E-state index contributed by atoms with van der Waals surface area (Å²) in [6.45, 7) is 0. The number of nitrogens with one attached hydrogen (secondary N) is 1. The molecule has 0 unspecified atom stereocenters. The first-order valence-electron chi connectivity index (χ1n) is 6.74. The Hall–Kier alpha value is -2.25. The second-order valence-corrected chi connectivity index (χ2v) is 5.34. The molecule has 0 fully saturated rings. The van der Waals surface area contributed by atoms with Crippen LogP contribution in [0.3, 0.4) is 0 Å². The van der Waals surface area contributed by atoms with Gasteiger partial charge in [0.2, 0.25) is 0 Å². The van der Waals surface area contributed by atoms with E-state index in [0.29, 0.717) is 22.2 Å². The van der Waals surface area contributed by atoms with Crippen LogP contribution in [0.4, 0.5) is 11.5 Å². The second kappa shape index (κ2) is 5.63. The van der Waals surface area contributed by atoms with Gasteiger partial charge < -0.3 is 10.1 Å². The Morgan fingerprint density at radius 3 is 2.95 bits per heavy atom. The van der Waals surface area contributed by atoms with E-state index in [1.165, 1.54) is 5.56 Å². The summed E-state index contributed by atoms with van der Waals surface area (Å²) in [5, 5.41) is 13.0.